The molecular formula is C14H13BrFN3O2. The fraction of sp³-hybridized carbons (Fsp3) is 0.143. The molecule has 0 aliphatic rings. The van der Waals surface area contributed by atoms with E-state index >= 15 is 0 Å². The second-order valence-electron chi connectivity index (χ2n) is 4.36. The fourth-order valence-corrected chi connectivity index (χ4v) is 2.21. The molecule has 0 saturated carbocycles. The van der Waals surface area contributed by atoms with Crippen LogP contribution in [0.15, 0.2) is 28.9 Å². The summed E-state index contributed by atoms with van der Waals surface area (Å²) in [4.78, 5) is 15.8. The van der Waals surface area contributed by atoms with E-state index in [1.165, 1.54) is 25.4 Å². The van der Waals surface area contributed by atoms with Crippen molar-refractivity contribution < 1.29 is 13.9 Å². The zero-order valence-corrected chi connectivity index (χ0v) is 13.0. The molecule has 0 aliphatic heterocycles. The number of nitrogens with one attached hydrogen (secondary N) is 1. The van der Waals surface area contributed by atoms with E-state index in [9.17, 15) is 9.18 Å². The third-order valence-electron chi connectivity index (χ3n) is 2.83. The minimum Gasteiger partial charge on any atom is -0.465 e. The quantitative estimate of drug-likeness (QED) is 0.826. The molecule has 0 bridgehead atoms. The van der Waals surface area contributed by atoms with Crippen LogP contribution >= 0.6 is 15.9 Å². The number of benzene rings is 1. The maximum Gasteiger partial charge on any atom is 0.341 e. The highest BCUT2D eigenvalue weighted by molar-refractivity contribution is 9.10. The van der Waals surface area contributed by atoms with E-state index in [0.29, 0.717) is 15.8 Å². The molecule has 0 unspecified atom stereocenters. The number of carbonyl (C=O) groups excluding carboxylic acids is 1. The number of ether oxygens (including phenoxy) is 1. The maximum absolute atomic E-state index is 13.6. The molecule has 3 N–H and O–H groups in total. The first-order valence-electron chi connectivity index (χ1n) is 5.99. The van der Waals surface area contributed by atoms with Crippen molar-refractivity contribution in [3.8, 4) is 0 Å². The van der Waals surface area contributed by atoms with E-state index in [4.69, 9.17) is 5.73 Å². The average Bonchev–Trinajstić information content (AvgIpc) is 2.45. The van der Waals surface area contributed by atoms with Gasteiger partial charge >= 0.3 is 5.97 Å². The van der Waals surface area contributed by atoms with Gasteiger partial charge in [0.15, 0.2) is 0 Å². The normalized spacial score (nSPS) is 10.3. The van der Waals surface area contributed by atoms with E-state index in [2.05, 4.69) is 31.0 Å². The number of methoxy groups -OCH3 is 1. The zero-order valence-electron chi connectivity index (χ0n) is 11.4. The van der Waals surface area contributed by atoms with E-state index in [1.807, 2.05) is 6.92 Å². The van der Waals surface area contributed by atoms with Crippen LogP contribution in [0.2, 0.25) is 0 Å². The van der Waals surface area contributed by atoms with Crippen LogP contribution in [0, 0.1) is 12.7 Å². The lowest BCUT2D eigenvalue weighted by Crippen LogP contribution is -2.09. The summed E-state index contributed by atoms with van der Waals surface area (Å²) in [5.74, 6) is -0.744. The van der Waals surface area contributed by atoms with Crippen LogP contribution in [0.4, 0.5) is 21.6 Å². The van der Waals surface area contributed by atoms with Crippen molar-refractivity contribution in [3.63, 3.8) is 0 Å². The van der Waals surface area contributed by atoms with E-state index in [1.54, 1.807) is 6.07 Å². The Morgan fingerprint density at radius 1 is 1.43 bits per heavy atom. The minimum absolute atomic E-state index is 0.181. The highest BCUT2D eigenvalue weighted by Gasteiger charge is 2.15. The standard InChI is InChI=1S/C14H13BrFN3O2/c1-7-3-10(15)11(16)5-12(7)19-13-9(14(20)21-2)4-8(17)6-18-13/h3-6H,17H2,1-2H3,(H,18,19). The SMILES string of the molecule is COC(=O)c1cc(N)cnc1Nc1cc(F)c(Br)cc1C. The Bertz CT molecular complexity index is 707. The highest BCUT2D eigenvalue weighted by atomic mass is 79.9. The number of nitrogens with zero attached hydrogens (tertiary/aromatic N) is 1. The van der Waals surface area contributed by atoms with Gasteiger partial charge in [-0.15, -0.1) is 0 Å². The lowest BCUT2D eigenvalue weighted by atomic mass is 10.1. The molecule has 5 nitrogen and oxygen atoms in total. The van der Waals surface area contributed by atoms with Crippen molar-refractivity contribution in [2.45, 2.75) is 6.92 Å². The van der Waals surface area contributed by atoms with Crippen LogP contribution in [0.1, 0.15) is 15.9 Å². The molecule has 0 saturated heterocycles. The first-order valence-corrected chi connectivity index (χ1v) is 6.78. The predicted molar refractivity (Wildman–Crippen MR) is 82.1 cm³/mol. The van der Waals surface area contributed by atoms with E-state index in [-0.39, 0.29) is 11.4 Å². The highest BCUT2D eigenvalue weighted by Crippen LogP contribution is 2.28. The molecule has 1 heterocycles. The number of nitrogens with two attached hydrogens (primary N) is 1. The van der Waals surface area contributed by atoms with Gasteiger partial charge in [-0.1, -0.05) is 0 Å². The average molecular weight is 354 g/mol. The third-order valence-corrected chi connectivity index (χ3v) is 3.44. The number of nitrogen functional groups attached to an aromatic ring is 1. The summed E-state index contributed by atoms with van der Waals surface area (Å²) >= 11 is 3.11. The van der Waals surface area contributed by atoms with Gasteiger partial charge in [0.2, 0.25) is 0 Å². The van der Waals surface area contributed by atoms with Gasteiger partial charge in [-0.2, -0.15) is 0 Å². The van der Waals surface area contributed by atoms with Gasteiger partial charge in [0, 0.05) is 5.69 Å². The summed E-state index contributed by atoms with van der Waals surface area (Å²) in [6.07, 6.45) is 1.40. The Morgan fingerprint density at radius 3 is 2.81 bits per heavy atom. The molecule has 0 atom stereocenters. The molecule has 2 aromatic rings. The summed E-state index contributed by atoms with van der Waals surface area (Å²) in [5.41, 5.74) is 7.42. The van der Waals surface area contributed by atoms with Crippen molar-refractivity contribution >= 4 is 39.1 Å². The monoisotopic (exact) mass is 353 g/mol. The number of carbonyl (C=O) groups is 1. The molecule has 0 aliphatic carbocycles. The maximum atomic E-state index is 13.6. The molecule has 21 heavy (non-hydrogen) atoms. The number of halogens is 2. The predicted octanol–water partition coefficient (Wildman–Crippen LogP) is 3.40. The number of esters is 1. The van der Waals surface area contributed by atoms with Crippen molar-refractivity contribution in [3.05, 3.63) is 45.8 Å². The summed E-state index contributed by atoms with van der Waals surface area (Å²) < 4.78 is 18.7. The molecule has 7 heteroatoms. The second-order valence-corrected chi connectivity index (χ2v) is 5.22. The topological polar surface area (TPSA) is 77.2 Å². The number of aryl methyl sites for hydroxylation is 1. The van der Waals surface area contributed by atoms with Crippen molar-refractivity contribution in [1.82, 2.24) is 4.98 Å². The van der Waals surface area contributed by atoms with Crippen molar-refractivity contribution in [2.75, 3.05) is 18.2 Å². The Morgan fingerprint density at radius 2 is 2.14 bits per heavy atom. The Balaban J connectivity index is 2.44. The third kappa shape index (κ3) is 3.30. The Labute approximate surface area is 129 Å². The fourth-order valence-electron chi connectivity index (χ4n) is 1.75. The Hall–Kier alpha value is -2.15. The summed E-state index contributed by atoms with van der Waals surface area (Å²) in [7, 11) is 1.26. The van der Waals surface area contributed by atoms with Crippen LogP contribution in [-0.4, -0.2) is 18.1 Å². The number of hydrogen-bond acceptors (Lipinski definition) is 5. The van der Waals surface area contributed by atoms with Crippen molar-refractivity contribution in [1.29, 1.82) is 0 Å². The second kappa shape index (κ2) is 6.09. The van der Waals surface area contributed by atoms with Gasteiger partial charge in [0.1, 0.15) is 17.2 Å². The van der Waals surface area contributed by atoms with Crippen LogP contribution in [0.5, 0.6) is 0 Å². The van der Waals surface area contributed by atoms with Crippen LogP contribution in [-0.2, 0) is 4.74 Å². The smallest absolute Gasteiger partial charge is 0.341 e. The lowest BCUT2D eigenvalue weighted by molar-refractivity contribution is 0.0601. The van der Waals surface area contributed by atoms with Gasteiger partial charge in [0.25, 0.3) is 0 Å². The molecule has 0 amide bonds. The molecule has 2 rings (SSSR count). The molecule has 1 aromatic carbocycles. The van der Waals surface area contributed by atoms with E-state index < -0.39 is 11.8 Å². The number of hydrogen-bond donors (Lipinski definition) is 2. The van der Waals surface area contributed by atoms with Crippen molar-refractivity contribution in [2.24, 2.45) is 0 Å². The molecule has 1 aromatic heterocycles. The van der Waals surface area contributed by atoms with Gasteiger partial charge in [0.05, 0.1) is 23.5 Å². The molecular weight excluding hydrogens is 341 g/mol. The van der Waals surface area contributed by atoms with Crippen LogP contribution in [0.3, 0.4) is 0 Å². The van der Waals surface area contributed by atoms with Gasteiger partial charge in [-0.05, 0) is 46.6 Å². The van der Waals surface area contributed by atoms with Gasteiger partial charge < -0.3 is 15.8 Å². The number of anilines is 3. The number of rotatable bonds is 3. The first kappa shape index (κ1) is 15.2. The lowest BCUT2D eigenvalue weighted by Gasteiger charge is -2.13. The number of pyridine rings is 1. The number of aromatic nitrogens is 1. The largest absolute Gasteiger partial charge is 0.465 e. The Kier molecular flexibility index (Phi) is 4.42. The van der Waals surface area contributed by atoms with Crippen LogP contribution in [0.25, 0.3) is 0 Å². The summed E-state index contributed by atoms with van der Waals surface area (Å²) in [6, 6.07) is 4.40. The van der Waals surface area contributed by atoms with Crippen LogP contribution < -0.4 is 11.1 Å². The zero-order chi connectivity index (χ0) is 15.6. The van der Waals surface area contributed by atoms with Gasteiger partial charge in [-0.25, -0.2) is 14.2 Å². The first-order chi connectivity index (χ1) is 9.92. The summed E-state index contributed by atoms with van der Waals surface area (Å²) in [6.45, 7) is 1.81. The molecule has 0 spiro atoms. The molecule has 0 fully saturated rings. The van der Waals surface area contributed by atoms with E-state index in [0.717, 1.165) is 5.56 Å². The summed E-state index contributed by atoms with van der Waals surface area (Å²) in [5, 5.41) is 2.92. The minimum atomic E-state index is -0.576. The van der Waals surface area contributed by atoms with Gasteiger partial charge in [-0.3, -0.25) is 0 Å². The molecule has 0 radical (unpaired) electrons. The molecule has 110 valence electrons.